The van der Waals surface area contributed by atoms with Crippen molar-refractivity contribution < 1.29 is 14.0 Å². The van der Waals surface area contributed by atoms with E-state index in [1.807, 2.05) is 24.3 Å². The lowest BCUT2D eigenvalue weighted by Crippen LogP contribution is -2.37. The molecule has 6 heteroatoms. The zero-order valence-corrected chi connectivity index (χ0v) is 18.6. The molecule has 0 saturated carbocycles. The molecule has 3 aromatic rings. The molecule has 1 aliphatic carbocycles. The fourth-order valence-electron chi connectivity index (χ4n) is 4.96. The number of halogens is 1. The van der Waals surface area contributed by atoms with Crippen LogP contribution in [-0.2, 0) is 9.59 Å². The number of fused-ring (bicyclic) bond motifs is 1. The third-order valence-corrected chi connectivity index (χ3v) is 6.52. The van der Waals surface area contributed by atoms with Crippen molar-refractivity contribution in [3.63, 3.8) is 0 Å². The van der Waals surface area contributed by atoms with Crippen LogP contribution in [0, 0.1) is 17.1 Å². The van der Waals surface area contributed by atoms with E-state index in [4.69, 9.17) is 0 Å². The number of hydrogen-bond donors (Lipinski definition) is 1. The molecule has 0 bridgehead atoms. The first-order valence-corrected chi connectivity index (χ1v) is 11.1. The van der Waals surface area contributed by atoms with Gasteiger partial charge in [-0.2, -0.15) is 5.26 Å². The SMILES string of the molecule is CC(=O)N1c2ccccc2NC2=C(C(=O)C[C@@H](c3ccc(F)cc3)C2)[C@@H]1c1ccc(C#N)cc1. The van der Waals surface area contributed by atoms with Crippen LogP contribution in [0.25, 0.3) is 0 Å². The second-order valence-corrected chi connectivity index (χ2v) is 8.64. The first-order chi connectivity index (χ1) is 16.5. The number of ketones is 1. The van der Waals surface area contributed by atoms with Crippen LogP contribution in [0.4, 0.5) is 15.8 Å². The van der Waals surface area contributed by atoms with Crippen molar-refractivity contribution in [3.8, 4) is 6.07 Å². The maximum atomic E-state index is 13.7. The summed E-state index contributed by atoms with van der Waals surface area (Å²) in [6.07, 6.45) is 0.820. The minimum absolute atomic E-state index is 0.0588. The molecule has 0 unspecified atom stereocenters. The lowest BCUT2D eigenvalue weighted by Gasteiger charge is -2.34. The van der Waals surface area contributed by atoms with Crippen molar-refractivity contribution in [2.75, 3.05) is 10.2 Å². The maximum absolute atomic E-state index is 13.7. The Morgan fingerprint density at radius 3 is 2.35 bits per heavy atom. The maximum Gasteiger partial charge on any atom is 0.224 e. The van der Waals surface area contributed by atoms with E-state index in [2.05, 4.69) is 11.4 Å². The summed E-state index contributed by atoms with van der Waals surface area (Å²) in [4.78, 5) is 28.3. The number of rotatable bonds is 2. The normalized spacial score (nSPS) is 19.4. The van der Waals surface area contributed by atoms with E-state index < -0.39 is 6.04 Å². The Bertz CT molecular complexity index is 1350. The van der Waals surface area contributed by atoms with E-state index in [-0.39, 0.29) is 29.8 Å². The summed E-state index contributed by atoms with van der Waals surface area (Å²) in [6.45, 7) is 1.49. The van der Waals surface area contributed by atoms with Crippen molar-refractivity contribution in [2.24, 2.45) is 0 Å². The number of anilines is 2. The monoisotopic (exact) mass is 451 g/mol. The molecule has 168 valence electrons. The molecule has 0 saturated heterocycles. The molecule has 0 radical (unpaired) electrons. The highest BCUT2D eigenvalue weighted by Crippen LogP contribution is 2.47. The predicted octanol–water partition coefficient (Wildman–Crippen LogP) is 5.62. The number of nitrogens with zero attached hydrogens (tertiary/aromatic N) is 2. The van der Waals surface area contributed by atoms with Crippen molar-refractivity contribution in [3.05, 3.63) is 107 Å². The topological polar surface area (TPSA) is 73.2 Å². The van der Waals surface area contributed by atoms with Gasteiger partial charge in [-0.05, 0) is 59.9 Å². The molecule has 3 aromatic carbocycles. The summed E-state index contributed by atoms with van der Waals surface area (Å²) in [5.74, 6) is -0.662. The van der Waals surface area contributed by atoms with Gasteiger partial charge in [0.2, 0.25) is 5.91 Å². The van der Waals surface area contributed by atoms with Gasteiger partial charge in [0.1, 0.15) is 5.82 Å². The molecular formula is C28H22FN3O2. The van der Waals surface area contributed by atoms with Crippen LogP contribution in [0.1, 0.15) is 48.4 Å². The number of para-hydroxylation sites is 2. The van der Waals surface area contributed by atoms with Gasteiger partial charge in [0.05, 0.1) is 29.0 Å². The summed E-state index contributed by atoms with van der Waals surface area (Å²) in [5.41, 5.74) is 4.91. The zero-order chi connectivity index (χ0) is 23.8. The number of carbonyl (C=O) groups is 2. The minimum atomic E-state index is -0.627. The summed E-state index contributed by atoms with van der Waals surface area (Å²) in [7, 11) is 0. The van der Waals surface area contributed by atoms with Crippen LogP contribution in [0.2, 0.25) is 0 Å². The third-order valence-electron chi connectivity index (χ3n) is 6.52. The largest absolute Gasteiger partial charge is 0.357 e. The number of allylic oxidation sites excluding steroid dienone is 1. The van der Waals surface area contributed by atoms with Gasteiger partial charge < -0.3 is 5.32 Å². The predicted molar refractivity (Wildman–Crippen MR) is 128 cm³/mol. The molecule has 5 nitrogen and oxygen atoms in total. The number of amides is 1. The first kappa shape index (κ1) is 21.6. The van der Waals surface area contributed by atoms with Crippen molar-refractivity contribution in [2.45, 2.75) is 31.7 Å². The van der Waals surface area contributed by atoms with Gasteiger partial charge >= 0.3 is 0 Å². The van der Waals surface area contributed by atoms with E-state index in [9.17, 15) is 19.2 Å². The second-order valence-electron chi connectivity index (χ2n) is 8.64. The van der Waals surface area contributed by atoms with Crippen LogP contribution in [-0.4, -0.2) is 11.7 Å². The number of hydrogen-bond acceptors (Lipinski definition) is 4. The fraction of sp³-hybridized carbons (Fsp3) is 0.179. The molecule has 34 heavy (non-hydrogen) atoms. The summed E-state index contributed by atoms with van der Waals surface area (Å²) < 4.78 is 13.5. The van der Waals surface area contributed by atoms with E-state index in [0.717, 1.165) is 22.5 Å². The van der Waals surface area contributed by atoms with E-state index in [0.29, 0.717) is 23.2 Å². The average molecular weight is 452 g/mol. The molecule has 0 spiro atoms. The van der Waals surface area contributed by atoms with E-state index in [1.54, 1.807) is 41.3 Å². The van der Waals surface area contributed by atoms with Crippen LogP contribution < -0.4 is 10.2 Å². The summed E-state index contributed by atoms with van der Waals surface area (Å²) >= 11 is 0. The van der Waals surface area contributed by atoms with Crippen LogP contribution in [0.5, 0.6) is 0 Å². The van der Waals surface area contributed by atoms with Gasteiger partial charge in [-0.1, -0.05) is 36.4 Å². The molecule has 1 amide bonds. The average Bonchev–Trinajstić information content (AvgIpc) is 2.99. The Morgan fingerprint density at radius 1 is 1.00 bits per heavy atom. The first-order valence-electron chi connectivity index (χ1n) is 11.1. The number of nitrogens with one attached hydrogen (secondary N) is 1. The van der Waals surface area contributed by atoms with Crippen molar-refractivity contribution in [1.82, 2.24) is 0 Å². The summed E-state index contributed by atoms with van der Waals surface area (Å²) in [6, 6.07) is 22.3. The molecule has 0 aromatic heterocycles. The lowest BCUT2D eigenvalue weighted by atomic mass is 9.78. The molecule has 1 aliphatic heterocycles. The highest BCUT2D eigenvalue weighted by Gasteiger charge is 2.40. The number of benzene rings is 3. The fourth-order valence-corrected chi connectivity index (χ4v) is 4.96. The Balaban J connectivity index is 1.69. The van der Waals surface area contributed by atoms with Crippen molar-refractivity contribution >= 4 is 23.1 Å². The van der Waals surface area contributed by atoms with Crippen LogP contribution in [0.3, 0.4) is 0 Å². The van der Waals surface area contributed by atoms with Crippen LogP contribution in [0.15, 0.2) is 84.1 Å². The lowest BCUT2D eigenvalue weighted by molar-refractivity contribution is -0.117. The molecular weight excluding hydrogens is 429 g/mol. The van der Waals surface area contributed by atoms with Gasteiger partial charge in [-0.15, -0.1) is 0 Å². The van der Waals surface area contributed by atoms with Crippen LogP contribution >= 0.6 is 0 Å². The smallest absolute Gasteiger partial charge is 0.224 e. The molecule has 1 N–H and O–H groups in total. The van der Waals surface area contributed by atoms with Crippen molar-refractivity contribution in [1.29, 1.82) is 5.26 Å². The minimum Gasteiger partial charge on any atom is -0.357 e. The highest BCUT2D eigenvalue weighted by atomic mass is 19.1. The number of nitriles is 1. The Hall–Kier alpha value is -4.24. The zero-order valence-electron chi connectivity index (χ0n) is 18.6. The van der Waals surface area contributed by atoms with Gasteiger partial charge in [0.15, 0.2) is 5.78 Å². The second kappa shape index (κ2) is 8.60. The molecule has 2 aliphatic rings. The molecule has 2 atom stereocenters. The quantitative estimate of drug-likeness (QED) is 0.549. The number of Topliss-reactive ketones (excluding diaryl/α,β-unsaturated/α-hetero) is 1. The standard InChI is InChI=1S/C28H22FN3O2/c1-17(33)32-25-5-3-2-4-23(25)31-24-14-21(19-10-12-22(29)13-11-19)15-26(34)27(24)28(32)20-8-6-18(16-30)7-9-20/h2-13,21,28,31H,14-15H2,1H3/t21-,28-/m0/s1. The van der Waals surface area contributed by atoms with Gasteiger partial charge in [0.25, 0.3) is 0 Å². The summed E-state index contributed by atoms with van der Waals surface area (Å²) in [5, 5.41) is 12.7. The van der Waals surface area contributed by atoms with Gasteiger partial charge in [-0.25, -0.2) is 4.39 Å². The highest BCUT2D eigenvalue weighted by molar-refractivity contribution is 6.06. The van der Waals surface area contributed by atoms with Gasteiger partial charge in [-0.3, -0.25) is 14.5 Å². The molecule has 1 heterocycles. The Morgan fingerprint density at radius 2 is 1.68 bits per heavy atom. The molecule has 0 fully saturated rings. The third kappa shape index (κ3) is 3.75. The number of carbonyl (C=O) groups excluding carboxylic acids is 2. The van der Waals surface area contributed by atoms with Gasteiger partial charge in [0, 0.05) is 24.6 Å². The van der Waals surface area contributed by atoms with E-state index >= 15 is 0 Å². The Labute approximate surface area is 197 Å². The van der Waals surface area contributed by atoms with E-state index in [1.165, 1.54) is 19.1 Å². The Kier molecular flexibility index (Phi) is 5.46. The molecule has 5 rings (SSSR count).